The lowest BCUT2D eigenvalue weighted by Crippen LogP contribution is -2.37. The zero-order valence-corrected chi connectivity index (χ0v) is 9.83. The van der Waals surface area contributed by atoms with Gasteiger partial charge in [0.15, 0.2) is 0 Å². The lowest BCUT2D eigenvalue weighted by molar-refractivity contribution is -0.122. The van der Waals surface area contributed by atoms with Crippen LogP contribution in [0.4, 0.5) is 0 Å². The van der Waals surface area contributed by atoms with E-state index in [1.54, 1.807) is 0 Å². The number of nitrogens with zero attached hydrogens (tertiary/aromatic N) is 1. The molecule has 0 saturated carbocycles. The molecule has 3 N–H and O–H groups in total. The first kappa shape index (κ1) is 12.5. The summed E-state index contributed by atoms with van der Waals surface area (Å²) in [6.45, 7) is 8.23. The van der Waals surface area contributed by atoms with Crippen molar-refractivity contribution in [3.05, 3.63) is 0 Å². The summed E-state index contributed by atoms with van der Waals surface area (Å²) in [6.07, 6.45) is 1.13. The molecule has 1 saturated heterocycles. The first-order chi connectivity index (χ1) is 7.11. The summed E-state index contributed by atoms with van der Waals surface area (Å²) in [7, 11) is 0. The van der Waals surface area contributed by atoms with E-state index in [9.17, 15) is 4.79 Å². The molecule has 0 aliphatic carbocycles. The maximum absolute atomic E-state index is 11.5. The summed E-state index contributed by atoms with van der Waals surface area (Å²) < 4.78 is 0. The Balaban J connectivity index is 2.16. The van der Waals surface area contributed by atoms with Gasteiger partial charge in [0.2, 0.25) is 5.91 Å². The molecular formula is C11H23N3O. The second-order valence-electron chi connectivity index (χ2n) is 4.82. The molecule has 0 aromatic rings. The number of rotatable bonds is 5. The molecular weight excluding hydrogens is 190 g/mol. The molecule has 88 valence electrons. The van der Waals surface area contributed by atoms with Crippen molar-refractivity contribution in [3.8, 4) is 0 Å². The number of hydrogen-bond acceptors (Lipinski definition) is 3. The molecule has 1 aliphatic heterocycles. The van der Waals surface area contributed by atoms with Crippen LogP contribution in [0.1, 0.15) is 20.3 Å². The molecule has 4 heteroatoms. The van der Waals surface area contributed by atoms with Gasteiger partial charge in [0.05, 0.1) is 6.54 Å². The number of likely N-dealkylation sites (tertiary alicyclic amines) is 1. The van der Waals surface area contributed by atoms with Gasteiger partial charge in [-0.15, -0.1) is 0 Å². The van der Waals surface area contributed by atoms with E-state index < -0.39 is 0 Å². The van der Waals surface area contributed by atoms with E-state index in [2.05, 4.69) is 24.1 Å². The van der Waals surface area contributed by atoms with Gasteiger partial charge in [0.1, 0.15) is 0 Å². The Morgan fingerprint density at radius 1 is 1.60 bits per heavy atom. The molecule has 1 rings (SSSR count). The van der Waals surface area contributed by atoms with Crippen LogP contribution in [-0.4, -0.2) is 43.5 Å². The molecule has 0 radical (unpaired) electrons. The van der Waals surface area contributed by atoms with Crippen LogP contribution < -0.4 is 11.1 Å². The fraction of sp³-hybridized carbons (Fsp3) is 0.909. The maximum atomic E-state index is 11.5. The van der Waals surface area contributed by atoms with Crippen LogP contribution in [0.5, 0.6) is 0 Å². The summed E-state index contributed by atoms with van der Waals surface area (Å²) in [4.78, 5) is 13.7. The third-order valence-electron chi connectivity index (χ3n) is 2.78. The number of hydrogen-bond donors (Lipinski definition) is 2. The molecule has 4 nitrogen and oxygen atoms in total. The number of carbonyl (C=O) groups excluding carboxylic acids is 1. The third kappa shape index (κ3) is 4.62. The molecule has 0 aromatic carbocycles. The van der Waals surface area contributed by atoms with Crippen molar-refractivity contribution in [2.45, 2.75) is 20.3 Å². The number of nitrogens with one attached hydrogen (secondary N) is 1. The molecule has 1 fully saturated rings. The topological polar surface area (TPSA) is 58.4 Å². The van der Waals surface area contributed by atoms with Gasteiger partial charge in [-0.3, -0.25) is 9.69 Å². The Labute approximate surface area is 92.2 Å². The second-order valence-corrected chi connectivity index (χ2v) is 4.82. The Morgan fingerprint density at radius 3 is 2.87 bits per heavy atom. The van der Waals surface area contributed by atoms with Crippen LogP contribution in [0.2, 0.25) is 0 Å². The highest BCUT2D eigenvalue weighted by Crippen LogP contribution is 2.13. The summed E-state index contributed by atoms with van der Waals surface area (Å²) in [5.41, 5.74) is 5.60. The number of amides is 1. The SMILES string of the molecule is CC(C)CNC(=O)CN1CCC(CN)C1. The largest absolute Gasteiger partial charge is 0.355 e. The van der Waals surface area contributed by atoms with Gasteiger partial charge in [0, 0.05) is 13.1 Å². The van der Waals surface area contributed by atoms with Gasteiger partial charge >= 0.3 is 0 Å². The van der Waals surface area contributed by atoms with Gasteiger partial charge in [-0.2, -0.15) is 0 Å². The van der Waals surface area contributed by atoms with E-state index in [0.29, 0.717) is 18.4 Å². The van der Waals surface area contributed by atoms with E-state index in [0.717, 1.165) is 32.6 Å². The smallest absolute Gasteiger partial charge is 0.234 e. The van der Waals surface area contributed by atoms with Crippen LogP contribution in [-0.2, 0) is 4.79 Å². The highest BCUT2D eigenvalue weighted by Gasteiger charge is 2.22. The van der Waals surface area contributed by atoms with Gasteiger partial charge in [-0.25, -0.2) is 0 Å². The zero-order chi connectivity index (χ0) is 11.3. The van der Waals surface area contributed by atoms with Crippen LogP contribution >= 0.6 is 0 Å². The van der Waals surface area contributed by atoms with Crippen molar-refractivity contribution in [2.75, 3.05) is 32.7 Å². The molecule has 15 heavy (non-hydrogen) atoms. The molecule has 0 aromatic heterocycles. The van der Waals surface area contributed by atoms with Crippen molar-refractivity contribution in [1.29, 1.82) is 0 Å². The van der Waals surface area contributed by atoms with Gasteiger partial charge in [-0.1, -0.05) is 13.8 Å². The maximum Gasteiger partial charge on any atom is 0.234 e. The normalized spacial score (nSPS) is 22.3. The molecule has 1 amide bonds. The van der Waals surface area contributed by atoms with Crippen LogP contribution in [0, 0.1) is 11.8 Å². The summed E-state index contributed by atoms with van der Waals surface area (Å²) >= 11 is 0. The lowest BCUT2D eigenvalue weighted by atomic mass is 10.1. The minimum absolute atomic E-state index is 0.140. The van der Waals surface area contributed by atoms with Crippen molar-refractivity contribution >= 4 is 5.91 Å². The monoisotopic (exact) mass is 213 g/mol. The minimum Gasteiger partial charge on any atom is -0.355 e. The Hall–Kier alpha value is -0.610. The predicted octanol–water partition coefficient (Wildman–Crippen LogP) is 0.0392. The van der Waals surface area contributed by atoms with E-state index in [4.69, 9.17) is 5.73 Å². The number of carbonyl (C=O) groups is 1. The first-order valence-corrected chi connectivity index (χ1v) is 5.81. The van der Waals surface area contributed by atoms with Gasteiger partial charge < -0.3 is 11.1 Å². The summed E-state index contributed by atoms with van der Waals surface area (Å²) in [6, 6.07) is 0. The zero-order valence-electron chi connectivity index (χ0n) is 9.83. The van der Waals surface area contributed by atoms with Crippen molar-refractivity contribution in [1.82, 2.24) is 10.2 Å². The molecule has 1 unspecified atom stereocenters. The van der Waals surface area contributed by atoms with Crippen molar-refractivity contribution in [3.63, 3.8) is 0 Å². The van der Waals surface area contributed by atoms with Gasteiger partial charge in [-0.05, 0) is 31.3 Å². The number of nitrogens with two attached hydrogens (primary N) is 1. The van der Waals surface area contributed by atoms with E-state index in [1.807, 2.05) is 0 Å². The average molecular weight is 213 g/mol. The van der Waals surface area contributed by atoms with Crippen LogP contribution in [0.25, 0.3) is 0 Å². The fourth-order valence-corrected chi connectivity index (χ4v) is 1.83. The Kier molecular flexibility index (Phi) is 5.05. The minimum atomic E-state index is 0.140. The van der Waals surface area contributed by atoms with E-state index in [-0.39, 0.29) is 5.91 Å². The quantitative estimate of drug-likeness (QED) is 0.678. The average Bonchev–Trinajstić information content (AvgIpc) is 2.62. The second kappa shape index (κ2) is 6.08. The lowest BCUT2D eigenvalue weighted by Gasteiger charge is -2.15. The molecule has 1 aliphatic rings. The van der Waals surface area contributed by atoms with E-state index in [1.165, 1.54) is 0 Å². The Bertz CT molecular complexity index is 206. The summed E-state index contributed by atoms with van der Waals surface area (Å²) in [5, 5.41) is 2.93. The molecule has 0 bridgehead atoms. The highest BCUT2D eigenvalue weighted by atomic mass is 16.2. The molecule has 1 atom stereocenters. The van der Waals surface area contributed by atoms with Gasteiger partial charge in [0.25, 0.3) is 0 Å². The fourth-order valence-electron chi connectivity index (χ4n) is 1.83. The molecule has 0 spiro atoms. The Morgan fingerprint density at radius 2 is 2.33 bits per heavy atom. The third-order valence-corrected chi connectivity index (χ3v) is 2.78. The van der Waals surface area contributed by atoms with E-state index >= 15 is 0 Å². The predicted molar refractivity (Wildman–Crippen MR) is 61.4 cm³/mol. The van der Waals surface area contributed by atoms with Crippen molar-refractivity contribution in [2.24, 2.45) is 17.6 Å². The highest BCUT2D eigenvalue weighted by molar-refractivity contribution is 5.78. The van der Waals surface area contributed by atoms with Crippen LogP contribution in [0.3, 0.4) is 0 Å². The molecule has 1 heterocycles. The summed E-state index contributed by atoms with van der Waals surface area (Å²) in [5.74, 6) is 1.24. The standard InChI is InChI=1S/C11H23N3O/c1-9(2)6-13-11(15)8-14-4-3-10(5-12)7-14/h9-10H,3-8,12H2,1-2H3,(H,13,15). The van der Waals surface area contributed by atoms with Crippen LogP contribution in [0.15, 0.2) is 0 Å². The van der Waals surface area contributed by atoms with Crippen molar-refractivity contribution < 1.29 is 4.79 Å². The first-order valence-electron chi connectivity index (χ1n) is 5.81.